The third-order valence-electron chi connectivity index (χ3n) is 3.60. The fourth-order valence-electron chi connectivity index (χ4n) is 2.36. The molecule has 0 bridgehead atoms. The highest BCUT2D eigenvalue weighted by molar-refractivity contribution is 5.73. The summed E-state index contributed by atoms with van der Waals surface area (Å²) in [4.78, 5) is 11.7. The number of halogens is 5. The molecule has 0 saturated carbocycles. The Bertz CT molecular complexity index is 748. The van der Waals surface area contributed by atoms with Gasteiger partial charge in [-0.25, -0.2) is 4.79 Å². The van der Waals surface area contributed by atoms with Crippen LogP contribution < -0.4 is 15.4 Å². The number of rotatable bonds is 7. The second kappa shape index (κ2) is 9.20. The van der Waals surface area contributed by atoms with E-state index in [4.69, 9.17) is 0 Å². The first-order valence-corrected chi connectivity index (χ1v) is 7.96. The van der Waals surface area contributed by atoms with Gasteiger partial charge >= 0.3 is 18.8 Å². The Kier molecular flexibility index (Phi) is 6.98. The van der Waals surface area contributed by atoms with Gasteiger partial charge in [-0.2, -0.15) is 22.0 Å². The van der Waals surface area contributed by atoms with Gasteiger partial charge in [0.25, 0.3) is 0 Å². The zero-order valence-electron chi connectivity index (χ0n) is 14.0. The van der Waals surface area contributed by atoms with E-state index in [9.17, 15) is 26.7 Å². The summed E-state index contributed by atoms with van der Waals surface area (Å²) < 4.78 is 67.0. The number of alkyl halides is 5. The van der Waals surface area contributed by atoms with Crippen LogP contribution in [0.2, 0.25) is 0 Å². The number of benzene rings is 2. The van der Waals surface area contributed by atoms with E-state index in [-0.39, 0.29) is 30.8 Å². The van der Waals surface area contributed by atoms with E-state index in [0.29, 0.717) is 5.56 Å². The lowest BCUT2D eigenvalue weighted by Gasteiger charge is -2.13. The summed E-state index contributed by atoms with van der Waals surface area (Å²) in [6.07, 6.45) is -4.41. The molecule has 0 atom stereocenters. The summed E-state index contributed by atoms with van der Waals surface area (Å²) in [5, 5.41) is 5.01. The van der Waals surface area contributed by atoms with Crippen LogP contribution >= 0.6 is 0 Å². The van der Waals surface area contributed by atoms with E-state index >= 15 is 0 Å². The van der Waals surface area contributed by atoms with Gasteiger partial charge in [0.05, 0.1) is 5.56 Å². The number of urea groups is 1. The van der Waals surface area contributed by atoms with Gasteiger partial charge in [-0.05, 0) is 35.7 Å². The SMILES string of the molecule is O=C(NCCc1ccccc1C(F)(F)F)NCc1ccc(OC(F)F)cc1. The smallest absolute Gasteiger partial charge is 0.416 e. The number of nitrogens with one attached hydrogen (secondary N) is 2. The van der Waals surface area contributed by atoms with Gasteiger partial charge in [-0.15, -0.1) is 0 Å². The number of carbonyl (C=O) groups is 1. The van der Waals surface area contributed by atoms with Gasteiger partial charge < -0.3 is 15.4 Å². The van der Waals surface area contributed by atoms with Crippen LogP contribution in [-0.2, 0) is 19.1 Å². The first-order chi connectivity index (χ1) is 12.8. The molecule has 2 rings (SSSR count). The molecule has 2 aromatic carbocycles. The van der Waals surface area contributed by atoms with Gasteiger partial charge in [-0.3, -0.25) is 0 Å². The van der Waals surface area contributed by atoms with E-state index in [0.717, 1.165) is 6.07 Å². The maximum atomic E-state index is 12.9. The summed E-state index contributed by atoms with van der Waals surface area (Å²) in [7, 11) is 0. The fourth-order valence-corrected chi connectivity index (χ4v) is 2.36. The molecule has 4 nitrogen and oxygen atoms in total. The predicted molar refractivity (Wildman–Crippen MR) is 88.5 cm³/mol. The lowest BCUT2D eigenvalue weighted by molar-refractivity contribution is -0.138. The van der Waals surface area contributed by atoms with E-state index in [2.05, 4.69) is 15.4 Å². The zero-order valence-corrected chi connectivity index (χ0v) is 14.0. The van der Waals surface area contributed by atoms with Crippen molar-refractivity contribution in [1.82, 2.24) is 10.6 Å². The van der Waals surface area contributed by atoms with Gasteiger partial charge in [0, 0.05) is 13.1 Å². The molecule has 0 saturated heterocycles. The Morgan fingerprint density at radius 1 is 1.00 bits per heavy atom. The molecule has 0 fully saturated rings. The fraction of sp³-hybridized carbons (Fsp3) is 0.278. The topological polar surface area (TPSA) is 50.4 Å². The van der Waals surface area contributed by atoms with Crippen LogP contribution in [0.25, 0.3) is 0 Å². The standard InChI is InChI=1S/C18H17F5N2O2/c19-16(20)27-14-7-5-12(6-8-14)11-25-17(26)24-10-9-13-3-1-2-4-15(13)18(21,22)23/h1-8,16H,9-11H2,(H2,24,25,26). The third kappa shape index (κ3) is 6.76. The van der Waals surface area contributed by atoms with Crippen molar-refractivity contribution in [3.63, 3.8) is 0 Å². The molecule has 146 valence electrons. The van der Waals surface area contributed by atoms with Gasteiger partial charge in [0.2, 0.25) is 0 Å². The molecule has 0 heterocycles. The highest BCUT2D eigenvalue weighted by Gasteiger charge is 2.32. The maximum absolute atomic E-state index is 12.9. The van der Waals surface area contributed by atoms with Crippen molar-refractivity contribution in [3.8, 4) is 5.75 Å². The molecule has 0 radical (unpaired) electrons. The van der Waals surface area contributed by atoms with Crippen molar-refractivity contribution in [2.24, 2.45) is 0 Å². The van der Waals surface area contributed by atoms with Crippen LogP contribution in [0.15, 0.2) is 48.5 Å². The molecule has 0 unspecified atom stereocenters. The van der Waals surface area contributed by atoms with Crippen LogP contribution in [0.3, 0.4) is 0 Å². The van der Waals surface area contributed by atoms with Gasteiger partial charge in [0.1, 0.15) is 5.75 Å². The Morgan fingerprint density at radius 3 is 2.30 bits per heavy atom. The van der Waals surface area contributed by atoms with Crippen LogP contribution in [0.1, 0.15) is 16.7 Å². The molecule has 2 N–H and O–H groups in total. The molecular formula is C18H17F5N2O2. The largest absolute Gasteiger partial charge is 0.435 e. The minimum Gasteiger partial charge on any atom is -0.435 e. The van der Waals surface area contributed by atoms with Crippen molar-refractivity contribution < 1.29 is 31.5 Å². The highest BCUT2D eigenvalue weighted by Crippen LogP contribution is 2.31. The van der Waals surface area contributed by atoms with E-state index in [1.54, 1.807) is 0 Å². The molecule has 0 aliphatic carbocycles. The summed E-state index contributed by atoms with van der Waals surface area (Å²) in [6, 6.07) is 10.3. The number of hydrogen-bond acceptors (Lipinski definition) is 2. The maximum Gasteiger partial charge on any atom is 0.416 e. The highest BCUT2D eigenvalue weighted by atomic mass is 19.4. The van der Waals surface area contributed by atoms with E-state index < -0.39 is 24.4 Å². The molecule has 0 aliphatic heterocycles. The quantitative estimate of drug-likeness (QED) is 0.693. The lowest BCUT2D eigenvalue weighted by Crippen LogP contribution is -2.36. The number of ether oxygens (including phenoxy) is 1. The second-order valence-corrected chi connectivity index (χ2v) is 5.54. The van der Waals surface area contributed by atoms with E-state index in [1.165, 1.54) is 42.5 Å². The number of carbonyl (C=O) groups excluding carboxylic acids is 1. The van der Waals surface area contributed by atoms with Crippen molar-refractivity contribution in [2.75, 3.05) is 6.54 Å². The first-order valence-electron chi connectivity index (χ1n) is 7.96. The minimum absolute atomic E-state index is 0.00142. The lowest BCUT2D eigenvalue weighted by atomic mass is 10.0. The van der Waals surface area contributed by atoms with Crippen molar-refractivity contribution >= 4 is 6.03 Å². The summed E-state index contributed by atoms with van der Waals surface area (Å²) >= 11 is 0. The molecule has 2 amide bonds. The van der Waals surface area contributed by atoms with Crippen molar-refractivity contribution in [1.29, 1.82) is 0 Å². The average Bonchev–Trinajstić information content (AvgIpc) is 2.60. The summed E-state index contributed by atoms with van der Waals surface area (Å²) in [5.74, 6) is 0.00142. The van der Waals surface area contributed by atoms with E-state index in [1.807, 2.05) is 0 Å². The number of amides is 2. The molecule has 27 heavy (non-hydrogen) atoms. The number of hydrogen-bond donors (Lipinski definition) is 2. The van der Waals surface area contributed by atoms with Crippen molar-refractivity contribution in [3.05, 3.63) is 65.2 Å². The molecule has 0 aliphatic rings. The van der Waals surface area contributed by atoms with Crippen LogP contribution in [0.4, 0.5) is 26.7 Å². The van der Waals surface area contributed by atoms with Crippen molar-refractivity contribution in [2.45, 2.75) is 25.8 Å². The zero-order chi connectivity index (χ0) is 19.9. The Morgan fingerprint density at radius 2 is 1.67 bits per heavy atom. The normalized spacial score (nSPS) is 11.3. The Labute approximate surface area is 152 Å². The Hall–Kier alpha value is -2.84. The van der Waals surface area contributed by atoms with Crippen LogP contribution in [0, 0.1) is 0 Å². The second-order valence-electron chi connectivity index (χ2n) is 5.54. The first kappa shape index (κ1) is 20.5. The minimum atomic E-state index is -4.45. The average molecular weight is 388 g/mol. The van der Waals surface area contributed by atoms with Gasteiger partial charge in [0.15, 0.2) is 0 Å². The molecule has 2 aromatic rings. The third-order valence-corrected chi connectivity index (χ3v) is 3.60. The summed E-state index contributed by atoms with van der Waals surface area (Å²) in [5.41, 5.74) is 0.0208. The molecule has 0 spiro atoms. The summed E-state index contributed by atoms with van der Waals surface area (Å²) in [6.45, 7) is -2.76. The van der Waals surface area contributed by atoms with Crippen LogP contribution in [0.5, 0.6) is 5.75 Å². The van der Waals surface area contributed by atoms with Crippen LogP contribution in [-0.4, -0.2) is 19.2 Å². The monoisotopic (exact) mass is 388 g/mol. The molecule has 0 aromatic heterocycles. The van der Waals surface area contributed by atoms with Gasteiger partial charge in [-0.1, -0.05) is 30.3 Å². The predicted octanol–water partition coefficient (Wildman–Crippen LogP) is 4.35. The molecular weight excluding hydrogens is 371 g/mol. The molecule has 9 heteroatoms. The Balaban J connectivity index is 1.77.